The van der Waals surface area contributed by atoms with Gasteiger partial charge in [-0.3, -0.25) is 4.79 Å². The van der Waals surface area contributed by atoms with Crippen LogP contribution in [0.1, 0.15) is 45.4 Å². The highest BCUT2D eigenvalue weighted by Gasteiger charge is 2.24. The highest BCUT2D eigenvalue weighted by Crippen LogP contribution is 2.32. The van der Waals surface area contributed by atoms with Crippen LogP contribution < -0.4 is 10.2 Å². The second-order valence-corrected chi connectivity index (χ2v) is 6.67. The fraction of sp³-hybridized carbons (Fsp3) is 0.611. The molecule has 1 heterocycles. The van der Waals surface area contributed by atoms with E-state index in [-0.39, 0.29) is 5.91 Å². The van der Waals surface area contributed by atoms with Gasteiger partial charge in [-0.25, -0.2) is 0 Å². The first-order chi connectivity index (χ1) is 10.2. The topological polar surface area (TPSA) is 32.3 Å². The Balaban J connectivity index is 1.64. The van der Waals surface area contributed by atoms with Crippen LogP contribution in [0.4, 0.5) is 11.4 Å². The van der Waals surface area contributed by atoms with Gasteiger partial charge in [0.15, 0.2) is 0 Å². The molecule has 1 N–H and O–H groups in total. The Morgan fingerprint density at radius 2 is 1.95 bits per heavy atom. The molecule has 1 saturated carbocycles. The van der Waals surface area contributed by atoms with E-state index in [1.54, 1.807) is 0 Å². The molecule has 1 aromatic carbocycles. The first-order valence-corrected chi connectivity index (χ1v) is 8.37. The Labute approximate surface area is 127 Å². The zero-order valence-electron chi connectivity index (χ0n) is 13.0. The van der Waals surface area contributed by atoms with Crippen molar-refractivity contribution in [1.29, 1.82) is 0 Å². The van der Waals surface area contributed by atoms with Gasteiger partial charge in [-0.2, -0.15) is 0 Å². The minimum absolute atomic E-state index is 0.260. The second kappa shape index (κ2) is 6.50. The molecule has 1 amide bonds. The summed E-state index contributed by atoms with van der Waals surface area (Å²) >= 11 is 0. The average molecular weight is 286 g/mol. The van der Waals surface area contributed by atoms with Crippen molar-refractivity contribution in [3.8, 4) is 0 Å². The maximum absolute atomic E-state index is 12.0. The van der Waals surface area contributed by atoms with Crippen LogP contribution in [0.25, 0.3) is 0 Å². The Bertz CT molecular complexity index is 492. The van der Waals surface area contributed by atoms with Crippen molar-refractivity contribution >= 4 is 17.3 Å². The lowest BCUT2D eigenvalue weighted by Gasteiger charge is -2.27. The van der Waals surface area contributed by atoms with Crippen molar-refractivity contribution in [2.75, 3.05) is 23.3 Å². The summed E-state index contributed by atoms with van der Waals surface area (Å²) in [5.41, 5.74) is 2.18. The minimum Gasteiger partial charge on any atom is -0.383 e. The minimum atomic E-state index is 0.260. The largest absolute Gasteiger partial charge is 0.383 e. The molecule has 0 aromatic heterocycles. The summed E-state index contributed by atoms with van der Waals surface area (Å²) in [5.74, 6) is 1.94. The van der Waals surface area contributed by atoms with Crippen molar-refractivity contribution in [3.63, 3.8) is 0 Å². The van der Waals surface area contributed by atoms with Crippen LogP contribution >= 0.6 is 0 Å². The van der Waals surface area contributed by atoms with Crippen molar-refractivity contribution in [3.05, 3.63) is 24.3 Å². The van der Waals surface area contributed by atoms with Gasteiger partial charge < -0.3 is 10.2 Å². The SMILES string of the molecule is CC1CCC(CNc2ccccc2N2CCCC2=O)CC1. The Morgan fingerprint density at radius 3 is 2.67 bits per heavy atom. The molecule has 1 aromatic rings. The third-order valence-electron chi connectivity index (χ3n) is 4.98. The summed E-state index contributed by atoms with van der Waals surface area (Å²) in [4.78, 5) is 13.9. The number of anilines is 2. The fourth-order valence-corrected chi connectivity index (χ4v) is 3.55. The molecule has 114 valence electrons. The third-order valence-corrected chi connectivity index (χ3v) is 4.98. The Morgan fingerprint density at radius 1 is 1.19 bits per heavy atom. The van der Waals surface area contributed by atoms with E-state index in [9.17, 15) is 4.79 Å². The third kappa shape index (κ3) is 3.39. The van der Waals surface area contributed by atoms with Gasteiger partial charge in [0, 0.05) is 19.5 Å². The molecule has 0 spiro atoms. The lowest BCUT2D eigenvalue weighted by atomic mass is 9.83. The number of benzene rings is 1. The van der Waals surface area contributed by atoms with Gasteiger partial charge in [0.05, 0.1) is 11.4 Å². The van der Waals surface area contributed by atoms with Crippen LogP contribution in [0.2, 0.25) is 0 Å². The van der Waals surface area contributed by atoms with Crippen molar-refractivity contribution < 1.29 is 4.79 Å². The molecule has 3 heteroatoms. The first-order valence-electron chi connectivity index (χ1n) is 8.37. The molecule has 3 nitrogen and oxygen atoms in total. The Kier molecular flexibility index (Phi) is 4.47. The molecule has 1 aliphatic heterocycles. The lowest BCUT2D eigenvalue weighted by Crippen LogP contribution is -2.26. The predicted octanol–water partition coefficient (Wildman–Crippen LogP) is 4.05. The molecule has 2 aliphatic rings. The summed E-state index contributed by atoms with van der Waals surface area (Å²) < 4.78 is 0. The van der Waals surface area contributed by atoms with Gasteiger partial charge in [0.1, 0.15) is 0 Å². The highest BCUT2D eigenvalue weighted by atomic mass is 16.2. The summed E-state index contributed by atoms with van der Waals surface area (Å²) in [5, 5.41) is 3.60. The van der Waals surface area contributed by atoms with Crippen LogP contribution in [0.3, 0.4) is 0 Å². The van der Waals surface area contributed by atoms with Crippen LogP contribution in [-0.2, 0) is 4.79 Å². The van der Waals surface area contributed by atoms with E-state index in [1.807, 2.05) is 11.0 Å². The van der Waals surface area contributed by atoms with E-state index in [2.05, 4.69) is 30.4 Å². The standard InChI is InChI=1S/C18H26N2O/c1-14-8-10-15(11-9-14)13-19-16-5-2-3-6-17(16)20-12-4-7-18(20)21/h2-3,5-6,14-15,19H,4,7-13H2,1H3. The molecular weight excluding hydrogens is 260 g/mol. The van der Waals surface area contributed by atoms with Crippen LogP contribution in [0, 0.1) is 11.8 Å². The number of carbonyl (C=O) groups is 1. The molecule has 0 unspecified atom stereocenters. The summed E-state index contributed by atoms with van der Waals surface area (Å²) in [6.07, 6.45) is 7.05. The van der Waals surface area contributed by atoms with Gasteiger partial charge in [0.2, 0.25) is 5.91 Å². The summed E-state index contributed by atoms with van der Waals surface area (Å²) in [6.45, 7) is 4.25. The van der Waals surface area contributed by atoms with Crippen molar-refractivity contribution in [1.82, 2.24) is 0 Å². The van der Waals surface area contributed by atoms with E-state index in [1.165, 1.54) is 25.7 Å². The molecule has 2 fully saturated rings. The van der Waals surface area contributed by atoms with Gasteiger partial charge in [-0.05, 0) is 43.2 Å². The average Bonchev–Trinajstić information content (AvgIpc) is 2.93. The smallest absolute Gasteiger partial charge is 0.227 e. The van der Waals surface area contributed by atoms with Crippen LogP contribution in [0.5, 0.6) is 0 Å². The number of hydrogen-bond donors (Lipinski definition) is 1. The lowest BCUT2D eigenvalue weighted by molar-refractivity contribution is -0.117. The van der Waals surface area contributed by atoms with E-state index in [0.29, 0.717) is 6.42 Å². The molecule has 3 rings (SSSR count). The van der Waals surface area contributed by atoms with Gasteiger partial charge >= 0.3 is 0 Å². The van der Waals surface area contributed by atoms with E-state index < -0.39 is 0 Å². The van der Waals surface area contributed by atoms with Gasteiger partial charge in [-0.1, -0.05) is 31.9 Å². The highest BCUT2D eigenvalue weighted by molar-refractivity contribution is 5.98. The van der Waals surface area contributed by atoms with Crippen LogP contribution in [0.15, 0.2) is 24.3 Å². The van der Waals surface area contributed by atoms with E-state index in [0.717, 1.165) is 42.7 Å². The number of nitrogens with one attached hydrogen (secondary N) is 1. The molecule has 1 aliphatic carbocycles. The first kappa shape index (κ1) is 14.4. The zero-order valence-corrected chi connectivity index (χ0v) is 13.0. The summed E-state index contributed by atoms with van der Waals surface area (Å²) in [7, 11) is 0. The van der Waals surface area contributed by atoms with Crippen molar-refractivity contribution in [2.24, 2.45) is 11.8 Å². The Hall–Kier alpha value is -1.51. The number of para-hydroxylation sites is 2. The summed E-state index contributed by atoms with van der Waals surface area (Å²) in [6, 6.07) is 8.24. The fourth-order valence-electron chi connectivity index (χ4n) is 3.55. The van der Waals surface area contributed by atoms with Gasteiger partial charge in [0.25, 0.3) is 0 Å². The van der Waals surface area contributed by atoms with E-state index >= 15 is 0 Å². The number of amides is 1. The number of rotatable bonds is 4. The van der Waals surface area contributed by atoms with Crippen molar-refractivity contribution in [2.45, 2.75) is 45.4 Å². The van der Waals surface area contributed by atoms with E-state index in [4.69, 9.17) is 0 Å². The molecule has 0 radical (unpaired) electrons. The quantitative estimate of drug-likeness (QED) is 0.905. The predicted molar refractivity (Wildman–Crippen MR) is 87.6 cm³/mol. The molecule has 21 heavy (non-hydrogen) atoms. The van der Waals surface area contributed by atoms with Gasteiger partial charge in [-0.15, -0.1) is 0 Å². The van der Waals surface area contributed by atoms with Crippen LogP contribution in [-0.4, -0.2) is 19.0 Å². The number of hydrogen-bond acceptors (Lipinski definition) is 2. The zero-order chi connectivity index (χ0) is 14.7. The molecular formula is C18H26N2O. The molecule has 0 atom stereocenters. The monoisotopic (exact) mass is 286 g/mol. The maximum atomic E-state index is 12.0. The molecule has 1 saturated heterocycles. The second-order valence-electron chi connectivity index (χ2n) is 6.67. The molecule has 0 bridgehead atoms. The maximum Gasteiger partial charge on any atom is 0.227 e. The normalized spacial score (nSPS) is 26.1. The number of nitrogens with zero attached hydrogens (tertiary/aromatic N) is 1. The number of carbonyl (C=O) groups excluding carboxylic acids is 1.